The van der Waals surface area contributed by atoms with E-state index in [-0.39, 0.29) is 0 Å². The zero-order chi connectivity index (χ0) is 22.1. The van der Waals surface area contributed by atoms with E-state index in [0.717, 1.165) is 34.2 Å². The van der Waals surface area contributed by atoms with Gasteiger partial charge in [-0.25, -0.2) is 4.85 Å². The van der Waals surface area contributed by atoms with Gasteiger partial charge in [-0.05, 0) is 35.4 Å². The van der Waals surface area contributed by atoms with Crippen molar-refractivity contribution in [3.8, 4) is 28.3 Å². The number of rotatable bonds is 4. The van der Waals surface area contributed by atoms with Crippen molar-refractivity contribution in [2.75, 3.05) is 38.0 Å². The maximum atomic E-state index is 10.1. The minimum Gasteiger partial charge on any atom is -0.378 e. The van der Waals surface area contributed by atoms with E-state index in [1.165, 1.54) is 0 Å². The molecule has 0 aliphatic heterocycles. The van der Waals surface area contributed by atoms with E-state index < -0.39 is 0 Å². The molecule has 0 amide bonds. The summed E-state index contributed by atoms with van der Waals surface area (Å²) in [5.41, 5.74) is 7.07. The minimum atomic E-state index is 0.312. The number of fused-ring (bicyclic) bond motifs is 1. The molecule has 31 heavy (non-hydrogen) atoms. The van der Waals surface area contributed by atoms with E-state index in [1.54, 1.807) is 0 Å². The van der Waals surface area contributed by atoms with Crippen molar-refractivity contribution in [2.45, 2.75) is 0 Å². The molecule has 0 spiro atoms. The lowest BCUT2D eigenvalue weighted by molar-refractivity contribution is 1.13. The summed E-state index contributed by atoms with van der Waals surface area (Å²) in [7, 11) is 7.91. The lowest BCUT2D eigenvalue weighted by atomic mass is 9.91. The molecule has 0 N–H and O–H groups in total. The van der Waals surface area contributed by atoms with Crippen molar-refractivity contribution < 1.29 is 0 Å². The second-order valence-electron chi connectivity index (χ2n) is 7.54. The number of anilines is 2. The van der Waals surface area contributed by atoms with Crippen molar-refractivity contribution in [3.05, 3.63) is 65.5 Å². The summed E-state index contributed by atoms with van der Waals surface area (Å²) in [6.07, 6.45) is 0. The summed E-state index contributed by atoms with van der Waals surface area (Å²) in [6.45, 7) is 7.88. The predicted octanol–water partition coefficient (Wildman–Crippen LogP) is 5.58. The number of aromatic nitrogens is 2. The monoisotopic (exact) mass is 424 g/mol. The van der Waals surface area contributed by atoms with E-state index in [2.05, 4.69) is 19.7 Å². The summed E-state index contributed by atoms with van der Waals surface area (Å²) in [5, 5.41) is 10.1. The first kappa shape index (κ1) is 20.3. The Labute approximate surface area is 185 Å². The maximum Gasteiger partial charge on any atom is 0.215 e. The van der Waals surface area contributed by atoms with Crippen LogP contribution in [0, 0.1) is 17.9 Å². The third-order valence-electron chi connectivity index (χ3n) is 5.25. The van der Waals surface area contributed by atoms with E-state index in [4.69, 9.17) is 6.57 Å². The Morgan fingerprint density at radius 3 is 1.68 bits per heavy atom. The van der Waals surface area contributed by atoms with Crippen LogP contribution >= 0.6 is 11.7 Å². The van der Waals surface area contributed by atoms with Gasteiger partial charge in [0.05, 0.1) is 29.9 Å². The van der Waals surface area contributed by atoms with Crippen LogP contribution in [-0.4, -0.2) is 36.9 Å². The number of nitrogens with zero attached hydrogens (tertiary/aromatic N) is 6. The van der Waals surface area contributed by atoms with Gasteiger partial charge in [0, 0.05) is 50.7 Å². The van der Waals surface area contributed by atoms with Crippen LogP contribution in [0.15, 0.2) is 48.5 Å². The SMILES string of the molecule is [C-]#[N+]c1c(C#N)c(-c2ccc(N(C)C)cc2)c2nsnc2c1-c1ccc(N(C)C)cc1. The van der Waals surface area contributed by atoms with Gasteiger partial charge in [0.2, 0.25) is 5.69 Å². The van der Waals surface area contributed by atoms with Gasteiger partial charge in [-0.15, -0.1) is 0 Å². The first-order valence-electron chi connectivity index (χ1n) is 9.61. The van der Waals surface area contributed by atoms with Crippen LogP contribution in [0.2, 0.25) is 0 Å². The third kappa shape index (κ3) is 3.46. The topological polar surface area (TPSA) is 60.4 Å². The Morgan fingerprint density at radius 2 is 1.26 bits per heavy atom. The van der Waals surface area contributed by atoms with Gasteiger partial charge in [-0.3, -0.25) is 0 Å². The van der Waals surface area contributed by atoms with Crippen LogP contribution in [0.25, 0.3) is 38.1 Å². The van der Waals surface area contributed by atoms with Crippen molar-refractivity contribution in [2.24, 2.45) is 0 Å². The molecule has 0 saturated heterocycles. The Bertz CT molecular complexity index is 1230. The fraction of sp³-hybridized carbons (Fsp3) is 0.167. The zero-order valence-electron chi connectivity index (χ0n) is 17.7. The van der Waals surface area contributed by atoms with Crippen LogP contribution in [0.5, 0.6) is 0 Å². The van der Waals surface area contributed by atoms with Gasteiger partial charge in [0.15, 0.2) is 0 Å². The van der Waals surface area contributed by atoms with Crippen LogP contribution in [0.1, 0.15) is 5.56 Å². The average Bonchev–Trinajstić information content (AvgIpc) is 3.26. The lowest BCUT2D eigenvalue weighted by Gasteiger charge is -2.16. The first-order chi connectivity index (χ1) is 15.0. The van der Waals surface area contributed by atoms with E-state index >= 15 is 0 Å². The Morgan fingerprint density at radius 1 is 0.806 bits per heavy atom. The second-order valence-corrected chi connectivity index (χ2v) is 8.07. The molecule has 3 aromatic carbocycles. The first-order valence-corrected chi connectivity index (χ1v) is 10.3. The standard InChI is InChI=1S/C24H20N6S/c1-26-22-19(14-25)20(15-6-10-17(11-7-15)29(2)3)23-24(28-31-27-23)21(22)16-8-12-18(13-9-16)30(4)5/h6-13H,2-5H3. The van der Waals surface area contributed by atoms with Gasteiger partial charge in [-0.1, -0.05) is 24.3 Å². The minimum absolute atomic E-state index is 0.312. The van der Waals surface area contributed by atoms with Crippen LogP contribution < -0.4 is 9.80 Å². The van der Waals surface area contributed by atoms with Gasteiger partial charge in [0.25, 0.3) is 0 Å². The lowest BCUT2D eigenvalue weighted by Crippen LogP contribution is -2.08. The molecule has 4 aromatic rings. The molecule has 152 valence electrons. The molecule has 0 aliphatic carbocycles. The van der Waals surface area contributed by atoms with Crippen LogP contribution in [-0.2, 0) is 0 Å². The molecule has 1 aromatic heterocycles. The highest BCUT2D eigenvalue weighted by Crippen LogP contribution is 2.45. The molecule has 1 heterocycles. The Hall–Kier alpha value is -3.94. The van der Waals surface area contributed by atoms with Crippen LogP contribution in [0.3, 0.4) is 0 Å². The molecule has 0 unspecified atom stereocenters. The van der Waals surface area contributed by atoms with Crippen molar-refractivity contribution in [1.29, 1.82) is 5.26 Å². The summed E-state index contributed by atoms with van der Waals surface area (Å²) >= 11 is 1.10. The van der Waals surface area contributed by atoms with Crippen molar-refractivity contribution in [1.82, 2.24) is 8.75 Å². The Balaban J connectivity index is 2.01. The molecule has 0 aliphatic rings. The largest absolute Gasteiger partial charge is 0.378 e. The summed E-state index contributed by atoms with van der Waals surface area (Å²) in [6, 6.07) is 18.1. The molecule has 6 nitrogen and oxygen atoms in total. The highest BCUT2D eigenvalue weighted by atomic mass is 32.1. The Kier molecular flexibility index (Phi) is 5.29. The zero-order valence-corrected chi connectivity index (χ0v) is 18.5. The molecule has 0 radical (unpaired) electrons. The maximum absolute atomic E-state index is 10.1. The number of benzene rings is 3. The fourth-order valence-corrected chi connectivity index (χ4v) is 4.18. The normalized spacial score (nSPS) is 10.5. The molecular formula is C24H20N6S. The molecular weight excluding hydrogens is 404 g/mol. The summed E-state index contributed by atoms with van der Waals surface area (Å²) in [4.78, 5) is 7.81. The summed E-state index contributed by atoms with van der Waals surface area (Å²) < 4.78 is 9.05. The molecule has 4 rings (SSSR count). The van der Waals surface area contributed by atoms with E-state index in [9.17, 15) is 5.26 Å². The average molecular weight is 425 g/mol. The van der Waals surface area contributed by atoms with E-state index in [1.807, 2.05) is 86.5 Å². The van der Waals surface area contributed by atoms with Crippen molar-refractivity contribution in [3.63, 3.8) is 0 Å². The molecule has 0 saturated carbocycles. The highest BCUT2D eigenvalue weighted by molar-refractivity contribution is 7.00. The third-order valence-corrected chi connectivity index (χ3v) is 5.78. The molecule has 7 heteroatoms. The van der Waals surface area contributed by atoms with Crippen LogP contribution in [0.4, 0.5) is 17.1 Å². The number of nitriles is 1. The fourth-order valence-electron chi connectivity index (χ4n) is 3.62. The quantitative estimate of drug-likeness (QED) is 0.400. The smallest absolute Gasteiger partial charge is 0.215 e. The molecule has 0 bridgehead atoms. The van der Waals surface area contributed by atoms with Crippen molar-refractivity contribution >= 4 is 39.8 Å². The summed E-state index contributed by atoms with van der Waals surface area (Å²) in [5.74, 6) is 0. The predicted molar refractivity (Wildman–Crippen MR) is 128 cm³/mol. The molecule has 0 fully saturated rings. The number of hydrogen-bond acceptors (Lipinski definition) is 6. The second kappa shape index (κ2) is 8.06. The van der Waals surface area contributed by atoms with Gasteiger partial charge in [-0.2, -0.15) is 14.0 Å². The van der Waals surface area contributed by atoms with Gasteiger partial charge >= 0.3 is 0 Å². The van der Waals surface area contributed by atoms with Gasteiger partial charge in [0.1, 0.15) is 11.0 Å². The van der Waals surface area contributed by atoms with Gasteiger partial charge < -0.3 is 9.80 Å². The highest BCUT2D eigenvalue weighted by Gasteiger charge is 2.24. The molecule has 0 atom stereocenters. The number of hydrogen-bond donors (Lipinski definition) is 0. The van der Waals surface area contributed by atoms with E-state index in [0.29, 0.717) is 33.4 Å².